The number of amides is 2. The van der Waals surface area contributed by atoms with Crippen LogP contribution in [0.25, 0.3) is 0 Å². The lowest BCUT2D eigenvalue weighted by Crippen LogP contribution is -2.57. The Bertz CT molecular complexity index is 644. The third-order valence-corrected chi connectivity index (χ3v) is 5.44. The van der Waals surface area contributed by atoms with E-state index in [1.165, 1.54) is 12.1 Å². The monoisotopic (exact) mass is 376 g/mol. The molecule has 2 heterocycles. The number of likely N-dealkylation sites (tertiary alicyclic amines) is 1. The number of benzene rings is 1. The normalized spacial score (nSPS) is 21.2. The third kappa shape index (κ3) is 4.97. The second-order valence-corrected chi connectivity index (χ2v) is 7.30. The van der Waals surface area contributed by atoms with Gasteiger partial charge in [-0.15, -0.1) is 0 Å². The van der Waals surface area contributed by atoms with Crippen molar-refractivity contribution in [2.45, 2.75) is 32.2 Å². The molecule has 1 atom stereocenters. The summed E-state index contributed by atoms with van der Waals surface area (Å²) in [5, 5.41) is 2.67. The van der Waals surface area contributed by atoms with Crippen molar-refractivity contribution in [1.29, 1.82) is 0 Å². The molecule has 0 unspecified atom stereocenters. The van der Waals surface area contributed by atoms with Crippen LogP contribution in [0.1, 0.15) is 26.2 Å². The quantitative estimate of drug-likeness (QED) is 0.809. The zero-order valence-corrected chi connectivity index (χ0v) is 16.0. The number of piperazine rings is 1. The molecule has 3 rings (SSSR count). The topological polar surface area (TPSA) is 55.9 Å². The molecule has 0 aromatic heterocycles. The molecule has 2 saturated heterocycles. The second-order valence-electron chi connectivity index (χ2n) is 7.30. The molecule has 2 fully saturated rings. The standard InChI is InChI=1S/C20H29FN4O2/c1-2-9-22-19(26)20(27)25-10-3-4-18(15-25)24-13-11-23(12-14-24)17-7-5-16(21)6-8-17/h5-8,18H,2-4,9-15H2,1H3,(H,22,26)/t18-/m0/s1. The van der Waals surface area contributed by atoms with Gasteiger partial charge in [0.15, 0.2) is 0 Å². The molecule has 0 aliphatic carbocycles. The van der Waals surface area contributed by atoms with Crippen LogP contribution in [0.2, 0.25) is 0 Å². The molecule has 1 N–H and O–H groups in total. The van der Waals surface area contributed by atoms with E-state index in [0.717, 1.165) is 51.1 Å². The number of nitrogens with zero attached hydrogens (tertiary/aromatic N) is 3. The van der Waals surface area contributed by atoms with Gasteiger partial charge in [-0.2, -0.15) is 0 Å². The molecule has 6 nitrogen and oxygen atoms in total. The molecule has 0 spiro atoms. The Morgan fingerprint density at radius 2 is 1.81 bits per heavy atom. The number of halogens is 1. The average molecular weight is 376 g/mol. The maximum atomic E-state index is 13.1. The molecule has 7 heteroatoms. The Labute approximate surface area is 160 Å². The second kappa shape index (κ2) is 9.17. The van der Waals surface area contributed by atoms with Crippen molar-refractivity contribution in [3.63, 3.8) is 0 Å². The van der Waals surface area contributed by atoms with Gasteiger partial charge in [0, 0.05) is 57.5 Å². The minimum absolute atomic E-state index is 0.215. The number of hydrogen-bond acceptors (Lipinski definition) is 4. The summed E-state index contributed by atoms with van der Waals surface area (Å²) >= 11 is 0. The van der Waals surface area contributed by atoms with E-state index in [0.29, 0.717) is 25.7 Å². The lowest BCUT2D eigenvalue weighted by Gasteiger charge is -2.43. The van der Waals surface area contributed by atoms with Gasteiger partial charge in [0.05, 0.1) is 0 Å². The van der Waals surface area contributed by atoms with Crippen molar-refractivity contribution in [2.24, 2.45) is 0 Å². The zero-order valence-electron chi connectivity index (χ0n) is 16.0. The number of carbonyl (C=O) groups is 2. The maximum Gasteiger partial charge on any atom is 0.311 e. The fourth-order valence-electron chi connectivity index (χ4n) is 3.89. The Morgan fingerprint density at radius 1 is 1.11 bits per heavy atom. The molecule has 2 aliphatic heterocycles. The maximum absolute atomic E-state index is 13.1. The first-order chi connectivity index (χ1) is 13.1. The van der Waals surface area contributed by atoms with Gasteiger partial charge in [0.25, 0.3) is 0 Å². The predicted molar refractivity (Wildman–Crippen MR) is 103 cm³/mol. The SMILES string of the molecule is CCCNC(=O)C(=O)N1CCC[C@H](N2CCN(c3ccc(F)cc3)CC2)C1. The summed E-state index contributed by atoms with van der Waals surface area (Å²) in [6.45, 7) is 7.36. The van der Waals surface area contributed by atoms with E-state index in [1.807, 2.05) is 19.1 Å². The van der Waals surface area contributed by atoms with Crippen LogP contribution >= 0.6 is 0 Å². The van der Waals surface area contributed by atoms with Gasteiger partial charge in [-0.25, -0.2) is 4.39 Å². The van der Waals surface area contributed by atoms with Crippen molar-refractivity contribution < 1.29 is 14.0 Å². The number of carbonyl (C=O) groups excluding carboxylic acids is 2. The summed E-state index contributed by atoms with van der Waals surface area (Å²) < 4.78 is 13.1. The zero-order chi connectivity index (χ0) is 19.2. The predicted octanol–water partition coefficient (Wildman–Crippen LogP) is 1.46. The molecule has 2 aliphatic rings. The van der Waals surface area contributed by atoms with Crippen molar-refractivity contribution in [1.82, 2.24) is 15.1 Å². The van der Waals surface area contributed by atoms with Crippen LogP contribution in [-0.4, -0.2) is 73.5 Å². The van der Waals surface area contributed by atoms with Gasteiger partial charge in [0.1, 0.15) is 5.82 Å². The van der Waals surface area contributed by atoms with E-state index >= 15 is 0 Å². The fraction of sp³-hybridized carbons (Fsp3) is 0.600. The van der Waals surface area contributed by atoms with Crippen LogP contribution in [0.4, 0.5) is 10.1 Å². The molecule has 0 saturated carbocycles. The average Bonchev–Trinajstić information content (AvgIpc) is 2.72. The Hall–Kier alpha value is -2.15. The number of hydrogen-bond donors (Lipinski definition) is 1. The van der Waals surface area contributed by atoms with Gasteiger partial charge in [-0.05, 0) is 43.5 Å². The van der Waals surface area contributed by atoms with E-state index in [9.17, 15) is 14.0 Å². The highest BCUT2D eigenvalue weighted by atomic mass is 19.1. The minimum atomic E-state index is -0.487. The molecule has 1 aromatic rings. The van der Waals surface area contributed by atoms with Crippen LogP contribution in [-0.2, 0) is 9.59 Å². The first-order valence-corrected chi connectivity index (χ1v) is 9.90. The Kier molecular flexibility index (Phi) is 6.66. The largest absolute Gasteiger partial charge is 0.369 e. The van der Waals surface area contributed by atoms with Crippen molar-refractivity contribution in [3.05, 3.63) is 30.1 Å². The van der Waals surface area contributed by atoms with Gasteiger partial charge in [-0.3, -0.25) is 14.5 Å². The summed E-state index contributed by atoms with van der Waals surface area (Å²) in [6, 6.07) is 6.94. The molecule has 2 amide bonds. The molecule has 0 bridgehead atoms. The van der Waals surface area contributed by atoms with Crippen LogP contribution in [0.15, 0.2) is 24.3 Å². The van der Waals surface area contributed by atoms with E-state index in [2.05, 4.69) is 15.1 Å². The summed E-state index contributed by atoms with van der Waals surface area (Å²) in [7, 11) is 0. The van der Waals surface area contributed by atoms with E-state index in [1.54, 1.807) is 4.90 Å². The van der Waals surface area contributed by atoms with Gasteiger partial charge >= 0.3 is 11.8 Å². The Balaban J connectivity index is 1.51. The molecule has 1 aromatic carbocycles. The molecular formula is C20H29FN4O2. The van der Waals surface area contributed by atoms with E-state index in [4.69, 9.17) is 0 Å². The van der Waals surface area contributed by atoms with E-state index in [-0.39, 0.29) is 5.82 Å². The summed E-state index contributed by atoms with van der Waals surface area (Å²) in [6.07, 6.45) is 2.80. The molecular weight excluding hydrogens is 347 g/mol. The van der Waals surface area contributed by atoms with Crippen LogP contribution in [0, 0.1) is 5.82 Å². The highest BCUT2D eigenvalue weighted by Gasteiger charge is 2.32. The van der Waals surface area contributed by atoms with Crippen LogP contribution in [0.5, 0.6) is 0 Å². The smallest absolute Gasteiger partial charge is 0.311 e. The fourth-order valence-corrected chi connectivity index (χ4v) is 3.89. The molecule has 27 heavy (non-hydrogen) atoms. The summed E-state index contributed by atoms with van der Waals surface area (Å²) in [5.74, 6) is -1.11. The highest BCUT2D eigenvalue weighted by Crippen LogP contribution is 2.21. The van der Waals surface area contributed by atoms with Crippen LogP contribution in [0.3, 0.4) is 0 Å². The van der Waals surface area contributed by atoms with Crippen molar-refractivity contribution in [3.8, 4) is 0 Å². The first kappa shape index (κ1) is 19.6. The number of nitrogens with one attached hydrogen (secondary N) is 1. The number of anilines is 1. The number of rotatable bonds is 4. The van der Waals surface area contributed by atoms with Crippen molar-refractivity contribution in [2.75, 3.05) is 50.7 Å². The molecule has 0 radical (unpaired) electrons. The summed E-state index contributed by atoms with van der Waals surface area (Å²) in [4.78, 5) is 30.7. The first-order valence-electron chi connectivity index (χ1n) is 9.90. The van der Waals surface area contributed by atoms with Crippen molar-refractivity contribution >= 4 is 17.5 Å². The van der Waals surface area contributed by atoms with E-state index < -0.39 is 11.8 Å². The third-order valence-electron chi connectivity index (χ3n) is 5.44. The molecule has 148 valence electrons. The Morgan fingerprint density at radius 3 is 2.48 bits per heavy atom. The highest BCUT2D eigenvalue weighted by molar-refractivity contribution is 6.35. The van der Waals surface area contributed by atoms with Gasteiger partial charge < -0.3 is 15.1 Å². The summed E-state index contributed by atoms with van der Waals surface area (Å²) in [5.41, 5.74) is 1.05. The van der Waals surface area contributed by atoms with Crippen LogP contribution < -0.4 is 10.2 Å². The number of piperidine rings is 1. The van der Waals surface area contributed by atoms with Gasteiger partial charge in [0.2, 0.25) is 0 Å². The lowest BCUT2D eigenvalue weighted by molar-refractivity contribution is -0.147. The lowest BCUT2D eigenvalue weighted by atomic mass is 10.0. The van der Waals surface area contributed by atoms with Gasteiger partial charge in [-0.1, -0.05) is 6.92 Å². The minimum Gasteiger partial charge on any atom is -0.369 e.